The molecule has 34 heavy (non-hydrogen) atoms. The van der Waals surface area contributed by atoms with E-state index in [4.69, 9.17) is 0 Å². The molecule has 0 aliphatic carbocycles. The monoisotopic (exact) mass is 480 g/mol. The first-order valence-electron chi connectivity index (χ1n) is 9.86. The zero-order valence-electron chi connectivity index (χ0n) is 18.5. The Morgan fingerprint density at radius 3 is 2.38 bits per heavy atom. The van der Waals surface area contributed by atoms with Gasteiger partial charge in [0.05, 0.1) is 17.8 Å². The Kier molecular flexibility index (Phi) is 6.57. The van der Waals surface area contributed by atoms with Crippen LogP contribution in [0.25, 0.3) is 0 Å². The van der Waals surface area contributed by atoms with Gasteiger partial charge in [0.2, 0.25) is 5.82 Å². The number of alkyl halides is 3. The number of benzene rings is 1. The van der Waals surface area contributed by atoms with Crippen LogP contribution in [0.15, 0.2) is 18.2 Å². The molecular formula is C21H20F4N6O3. The number of aryl methyl sites for hydroxylation is 1. The molecule has 0 bridgehead atoms. The number of aromatic nitrogens is 4. The van der Waals surface area contributed by atoms with Crippen molar-refractivity contribution < 1.29 is 31.9 Å². The standard InChI is InChI=1S/C21H20F4N6O3/c1-9-7-12(5-6-13(9)22)27-18(33)15-10(2)16(31(4)11(15)3)17(32)19(34)26-8-14-28-20(30-29-14)21(23,24)25/h5-7H,8H2,1-4H3,(H,26,34)(H,27,33)(H,28,29,30). The summed E-state index contributed by atoms with van der Waals surface area (Å²) in [4.78, 5) is 39.9. The van der Waals surface area contributed by atoms with Gasteiger partial charge in [-0.2, -0.15) is 13.2 Å². The van der Waals surface area contributed by atoms with Crippen LogP contribution in [-0.4, -0.2) is 37.3 Å². The number of amides is 2. The molecule has 2 aromatic heterocycles. The summed E-state index contributed by atoms with van der Waals surface area (Å²) < 4.78 is 52.6. The second-order valence-electron chi connectivity index (χ2n) is 7.54. The Balaban J connectivity index is 1.77. The number of Topliss-reactive ketones (excluding diaryl/α,β-unsaturated/α-hetero) is 1. The second-order valence-corrected chi connectivity index (χ2v) is 7.54. The molecule has 180 valence electrons. The van der Waals surface area contributed by atoms with Gasteiger partial charge in [0.25, 0.3) is 17.6 Å². The highest BCUT2D eigenvalue weighted by atomic mass is 19.4. The highest BCUT2D eigenvalue weighted by Gasteiger charge is 2.35. The van der Waals surface area contributed by atoms with Crippen molar-refractivity contribution in [2.24, 2.45) is 7.05 Å². The average Bonchev–Trinajstić information content (AvgIpc) is 3.32. The van der Waals surface area contributed by atoms with Crippen LogP contribution in [0.3, 0.4) is 0 Å². The van der Waals surface area contributed by atoms with Crippen LogP contribution in [0.1, 0.15) is 49.3 Å². The summed E-state index contributed by atoms with van der Waals surface area (Å²) in [5, 5.41) is 11.0. The van der Waals surface area contributed by atoms with E-state index in [0.717, 1.165) is 0 Å². The van der Waals surface area contributed by atoms with Crippen molar-refractivity contribution in [3.8, 4) is 0 Å². The van der Waals surface area contributed by atoms with Gasteiger partial charge in [-0.05, 0) is 50.1 Å². The van der Waals surface area contributed by atoms with Crippen LogP contribution in [0, 0.1) is 26.6 Å². The first kappa shape index (κ1) is 24.6. The van der Waals surface area contributed by atoms with E-state index in [9.17, 15) is 31.9 Å². The fourth-order valence-electron chi connectivity index (χ4n) is 3.41. The van der Waals surface area contributed by atoms with Gasteiger partial charge in [-0.25, -0.2) is 4.39 Å². The minimum atomic E-state index is -4.73. The third kappa shape index (κ3) is 4.82. The molecule has 0 saturated heterocycles. The average molecular weight is 480 g/mol. The van der Waals surface area contributed by atoms with Crippen LogP contribution in [-0.2, 0) is 24.6 Å². The van der Waals surface area contributed by atoms with Gasteiger partial charge in [0.15, 0.2) is 0 Å². The number of hydrogen-bond acceptors (Lipinski definition) is 5. The molecule has 0 spiro atoms. The first-order chi connectivity index (χ1) is 15.8. The topological polar surface area (TPSA) is 122 Å². The van der Waals surface area contributed by atoms with Gasteiger partial charge in [-0.3, -0.25) is 14.4 Å². The van der Waals surface area contributed by atoms with Crippen LogP contribution >= 0.6 is 0 Å². The van der Waals surface area contributed by atoms with Crippen molar-refractivity contribution >= 4 is 23.3 Å². The van der Waals surface area contributed by atoms with Crippen molar-refractivity contribution in [1.82, 2.24) is 25.1 Å². The van der Waals surface area contributed by atoms with E-state index < -0.39 is 42.0 Å². The Hall–Kier alpha value is -4.03. The Morgan fingerprint density at radius 1 is 1.12 bits per heavy atom. The third-order valence-electron chi connectivity index (χ3n) is 5.21. The lowest BCUT2D eigenvalue weighted by Gasteiger charge is -2.07. The number of carbonyl (C=O) groups is 3. The Morgan fingerprint density at radius 2 is 1.79 bits per heavy atom. The lowest BCUT2D eigenvalue weighted by Crippen LogP contribution is -2.32. The molecule has 9 nitrogen and oxygen atoms in total. The predicted octanol–water partition coefficient (Wildman–Crippen LogP) is 2.98. The number of H-pyrrole nitrogens is 1. The first-order valence-corrected chi connectivity index (χ1v) is 9.86. The predicted molar refractivity (Wildman–Crippen MR) is 112 cm³/mol. The van der Waals surface area contributed by atoms with Gasteiger partial charge in [0.1, 0.15) is 11.6 Å². The minimum absolute atomic E-state index is 0.0658. The molecule has 0 saturated carbocycles. The van der Waals surface area contributed by atoms with Crippen molar-refractivity contribution in [2.75, 3.05) is 5.32 Å². The molecule has 0 fully saturated rings. The fraction of sp³-hybridized carbons (Fsp3) is 0.286. The summed E-state index contributed by atoms with van der Waals surface area (Å²) in [7, 11) is 1.49. The number of aromatic amines is 1. The molecule has 0 aliphatic heterocycles. The van der Waals surface area contributed by atoms with Crippen LogP contribution in [0.4, 0.5) is 23.2 Å². The van der Waals surface area contributed by atoms with Crippen LogP contribution in [0.5, 0.6) is 0 Å². The highest BCUT2D eigenvalue weighted by Crippen LogP contribution is 2.26. The van der Waals surface area contributed by atoms with Crippen molar-refractivity contribution in [3.63, 3.8) is 0 Å². The second kappa shape index (κ2) is 9.08. The van der Waals surface area contributed by atoms with Crippen LogP contribution in [0.2, 0.25) is 0 Å². The molecule has 3 N–H and O–H groups in total. The van der Waals surface area contributed by atoms with Gasteiger partial charge in [-0.1, -0.05) is 0 Å². The lowest BCUT2D eigenvalue weighted by atomic mass is 10.1. The number of ketones is 1. The normalized spacial score (nSPS) is 11.4. The number of hydrogen-bond donors (Lipinski definition) is 3. The molecule has 1 aromatic carbocycles. The zero-order chi connectivity index (χ0) is 25.4. The maximum Gasteiger partial charge on any atom is 0.451 e. The van der Waals surface area contributed by atoms with Crippen molar-refractivity contribution in [1.29, 1.82) is 0 Å². The molecule has 3 rings (SSSR count). The van der Waals surface area contributed by atoms with Crippen LogP contribution < -0.4 is 10.6 Å². The van der Waals surface area contributed by atoms with Gasteiger partial charge in [-0.15, -0.1) is 10.2 Å². The molecule has 2 heterocycles. The van der Waals surface area contributed by atoms with Gasteiger partial charge in [0, 0.05) is 18.4 Å². The third-order valence-corrected chi connectivity index (χ3v) is 5.21. The summed E-state index contributed by atoms with van der Waals surface area (Å²) in [6.45, 7) is 4.12. The van der Waals surface area contributed by atoms with E-state index >= 15 is 0 Å². The highest BCUT2D eigenvalue weighted by molar-refractivity contribution is 6.43. The number of anilines is 1. The number of nitrogens with zero attached hydrogens (tertiary/aromatic N) is 3. The number of halogens is 4. The number of rotatable bonds is 6. The molecule has 0 atom stereocenters. The Labute approximate surface area is 190 Å². The molecular weight excluding hydrogens is 460 g/mol. The van der Waals surface area contributed by atoms with Gasteiger partial charge < -0.3 is 20.2 Å². The molecule has 13 heteroatoms. The summed E-state index contributed by atoms with van der Waals surface area (Å²) >= 11 is 0. The summed E-state index contributed by atoms with van der Waals surface area (Å²) in [5.41, 5.74) is 1.41. The summed E-state index contributed by atoms with van der Waals surface area (Å²) in [6, 6.07) is 4.05. The SMILES string of the molecule is Cc1cc(NC(=O)c2c(C)c(C(=O)C(=O)NCc3nnc(C(F)(F)F)[nH]3)n(C)c2C)ccc1F. The maximum absolute atomic E-state index is 13.5. The number of carbonyl (C=O) groups excluding carboxylic acids is 3. The molecule has 0 aliphatic rings. The quantitative estimate of drug-likeness (QED) is 0.285. The van der Waals surface area contributed by atoms with E-state index in [1.54, 1.807) is 13.8 Å². The Bertz CT molecular complexity index is 1290. The largest absolute Gasteiger partial charge is 0.451 e. The van der Waals surface area contributed by atoms with E-state index in [-0.39, 0.29) is 22.6 Å². The van der Waals surface area contributed by atoms with Gasteiger partial charge >= 0.3 is 6.18 Å². The minimum Gasteiger partial charge on any atom is -0.344 e. The van der Waals surface area contributed by atoms with Crippen molar-refractivity contribution in [2.45, 2.75) is 33.5 Å². The van der Waals surface area contributed by atoms with E-state index in [1.165, 1.54) is 36.7 Å². The fourth-order valence-corrected chi connectivity index (χ4v) is 3.41. The lowest BCUT2D eigenvalue weighted by molar-refractivity contribution is -0.144. The molecule has 3 aromatic rings. The van der Waals surface area contributed by atoms with E-state index in [0.29, 0.717) is 16.9 Å². The molecule has 0 unspecified atom stereocenters. The summed E-state index contributed by atoms with van der Waals surface area (Å²) in [5.74, 6) is -4.70. The molecule has 0 radical (unpaired) electrons. The van der Waals surface area contributed by atoms with Crippen molar-refractivity contribution in [3.05, 3.63) is 63.7 Å². The number of nitrogens with one attached hydrogen (secondary N) is 3. The smallest absolute Gasteiger partial charge is 0.344 e. The maximum atomic E-state index is 13.5. The zero-order valence-corrected chi connectivity index (χ0v) is 18.5. The van der Waals surface area contributed by atoms with E-state index in [2.05, 4.69) is 20.8 Å². The van der Waals surface area contributed by atoms with E-state index in [1.807, 2.05) is 4.98 Å². The summed E-state index contributed by atoms with van der Waals surface area (Å²) in [6.07, 6.45) is -4.73. The molecule has 2 amide bonds.